The maximum Gasteiger partial charge on any atom is 0.0673 e. The third-order valence-corrected chi connectivity index (χ3v) is 14.0. The van der Waals surface area contributed by atoms with E-state index in [1.165, 1.54) is 78.2 Å². The van der Waals surface area contributed by atoms with E-state index in [0.29, 0.717) is 5.92 Å². The first kappa shape index (κ1) is 40.9. The van der Waals surface area contributed by atoms with Gasteiger partial charge >= 0.3 is 0 Å². The highest BCUT2D eigenvalue weighted by Crippen LogP contribution is 2.57. The second kappa shape index (κ2) is 16.8. The minimum Gasteiger partial charge on any atom is -0.318 e. The topological polar surface area (TPSA) is 3.24 Å². The molecule has 4 aliphatic carbocycles. The van der Waals surface area contributed by atoms with E-state index in [1.54, 1.807) is 0 Å². The summed E-state index contributed by atoms with van der Waals surface area (Å²) in [5.41, 5.74) is 20.3. The Morgan fingerprint density at radius 3 is 2.15 bits per heavy atom. The van der Waals surface area contributed by atoms with Crippen molar-refractivity contribution >= 4 is 11.3 Å². The van der Waals surface area contributed by atoms with Crippen molar-refractivity contribution in [3.05, 3.63) is 262 Å². The molecular formula is C61H59N. The molecule has 308 valence electrons. The maximum atomic E-state index is 4.41. The summed E-state index contributed by atoms with van der Waals surface area (Å²) in [6.45, 7) is 18.3. The Morgan fingerprint density at radius 2 is 1.44 bits per heavy atom. The Bertz CT molecular complexity index is 2790. The number of fused-ring (bicyclic) bond motifs is 4. The first-order valence-electron chi connectivity index (χ1n) is 22.6. The van der Waals surface area contributed by atoms with E-state index in [1.807, 2.05) is 6.08 Å². The van der Waals surface area contributed by atoms with Crippen molar-refractivity contribution in [1.29, 1.82) is 0 Å². The molecule has 0 saturated heterocycles. The van der Waals surface area contributed by atoms with Crippen LogP contribution >= 0.6 is 0 Å². The average Bonchev–Trinajstić information content (AvgIpc) is 3.73. The van der Waals surface area contributed by atoms with Gasteiger partial charge in [-0.05, 0) is 142 Å². The monoisotopic (exact) mass is 805 g/mol. The van der Waals surface area contributed by atoms with Crippen molar-refractivity contribution in [2.45, 2.75) is 77.6 Å². The number of nitrogens with zero attached hydrogens (tertiary/aromatic N) is 1. The number of allylic oxidation sites excluding steroid dienone is 17. The molecule has 0 saturated carbocycles. The number of hydrogen-bond acceptors (Lipinski definition) is 1. The van der Waals surface area contributed by atoms with Crippen molar-refractivity contribution in [3.8, 4) is 11.1 Å². The molecule has 3 atom stereocenters. The number of benzene rings is 5. The lowest BCUT2D eigenvalue weighted by atomic mass is 9.64. The fraction of sp³-hybridized carbons (Fsp3) is 0.213. The van der Waals surface area contributed by atoms with Gasteiger partial charge < -0.3 is 4.90 Å². The average molecular weight is 806 g/mol. The smallest absolute Gasteiger partial charge is 0.0673 e. The standard InChI is InChI=1S/C61H59N/c1-8-45(40-54-52-28-17-20-30-57(52)61(55(54)9-2,47-24-14-11-15-25-47)48-36-32-42(3)33-37-48)43(4)34-35-44(5)62(59-31-21-18-26-50(59)46-22-12-10-13-23-46)49-38-39-53-51-27-16-19-29-56(51)60(6,7)58(53)41-49/h8,10-25,27-32,34-42,50H,1,9,26,33H2,2-7H3/b43-34+,44-35+,45-40+. The van der Waals surface area contributed by atoms with E-state index in [2.05, 4.69) is 235 Å². The molecule has 9 rings (SSSR count). The molecule has 0 amide bonds. The molecule has 4 aliphatic rings. The van der Waals surface area contributed by atoms with Crippen molar-refractivity contribution < 1.29 is 0 Å². The number of anilines is 1. The van der Waals surface area contributed by atoms with Crippen LogP contribution in [0.15, 0.2) is 228 Å². The van der Waals surface area contributed by atoms with Crippen LogP contribution in [0.25, 0.3) is 16.7 Å². The predicted octanol–water partition coefficient (Wildman–Crippen LogP) is 16.1. The second-order valence-corrected chi connectivity index (χ2v) is 18.1. The van der Waals surface area contributed by atoms with Gasteiger partial charge in [-0.1, -0.05) is 192 Å². The Hall–Kier alpha value is -6.44. The first-order chi connectivity index (χ1) is 30.2. The van der Waals surface area contributed by atoms with Crippen LogP contribution in [0.4, 0.5) is 5.69 Å². The third kappa shape index (κ3) is 6.89. The van der Waals surface area contributed by atoms with Gasteiger partial charge in [-0.15, -0.1) is 0 Å². The summed E-state index contributed by atoms with van der Waals surface area (Å²) in [4.78, 5) is 2.51. The van der Waals surface area contributed by atoms with Crippen LogP contribution in [0, 0.1) is 5.92 Å². The molecule has 0 spiro atoms. The maximum absolute atomic E-state index is 4.41. The summed E-state index contributed by atoms with van der Waals surface area (Å²) in [5.74, 6) is 0.756. The third-order valence-electron chi connectivity index (χ3n) is 14.0. The Kier molecular flexibility index (Phi) is 11.1. The Labute approximate surface area is 371 Å². The lowest BCUT2D eigenvalue weighted by Gasteiger charge is -2.37. The zero-order valence-corrected chi connectivity index (χ0v) is 37.3. The van der Waals surface area contributed by atoms with E-state index >= 15 is 0 Å². The highest BCUT2D eigenvalue weighted by molar-refractivity contribution is 5.91. The molecule has 0 aromatic heterocycles. The minimum atomic E-state index is -0.362. The molecular weight excluding hydrogens is 747 g/mol. The molecule has 0 radical (unpaired) electrons. The molecule has 0 aliphatic heterocycles. The van der Waals surface area contributed by atoms with Gasteiger partial charge in [-0.3, -0.25) is 0 Å². The summed E-state index contributed by atoms with van der Waals surface area (Å²) >= 11 is 0. The molecule has 1 heteroatoms. The van der Waals surface area contributed by atoms with Crippen molar-refractivity contribution in [1.82, 2.24) is 0 Å². The first-order valence-corrected chi connectivity index (χ1v) is 22.6. The number of hydrogen-bond donors (Lipinski definition) is 0. The van der Waals surface area contributed by atoms with Gasteiger partial charge in [0.1, 0.15) is 0 Å². The van der Waals surface area contributed by atoms with Crippen LogP contribution in [0.1, 0.15) is 100 Å². The largest absolute Gasteiger partial charge is 0.318 e. The van der Waals surface area contributed by atoms with Crippen LogP contribution in [0.2, 0.25) is 0 Å². The Balaban J connectivity index is 1.16. The summed E-state index contributed by atoms with van der Waals surface area (Å²) in [6, 6.07) is 47.3. The highest BCUT2D eigenvalue weighted by Gasteiger charge is 2.47. The van der Waals surface area contributed by atoms with Crippen LogP contribution in [-0.4, -0.2) is 0 Å². The molecule has 0 bridgehead atoms. The van der Waals surface area contributed by atoms with Crippen LogP contribution in [0.5, 0.6) is 0 Å². The molecule has 62 heavy (non-hydrogen) atoms. The normalized spacial score (nSPS) is 21.5. The molecule has 0 N–H and O–H groups in total. The predicted molar refractivity (Wildman–Crippen MR) is 265 cm³/mol. The lowest BCUT2D eigenvalue weighted by molar-refractivity contribution is 0.660. The SMILES string of the molecule is C=CC(=C\C1=C(CC)C(C2=CCC(C)C=C2)(c2ccccc2)c2ccccc21)/C(C)=C/C=C(\C)N(C1=CC=CCC1c1ccccc1)c1ccc2c(c1)C(C)(C)c1ccccc1-2. The van der Waals surface area contributed by atoms with E-state index in [9.17, 15) is 0 Å². The van der Waals surface area contributed by atoms with Crippen molar-refractivity contribution in [2.75, 3.05) is 4.90 Å². The minimum absolute atomic E-state index is 0.101. The molecule has 0 heterocycles. The fourth-order valence-electron chi connectivity index (χ4n) is 10.8. The summed E-state index contributed by atoms with van der Waals surface area (Å²) in [6.07, 6.45) is 26.1. The Morgan fingerprint density at radius 1 is 0.758 bits per heavy atom. The van der Waals surface area contributed by atoms with Crippen molar-refractivity contribution in [2.24, 2.45) is 5.92 Å². The quantitative estimate of drug-likeness (QED) is 0.120. The lowest BCUT2D eigenvalue weighted by Crippen LogP contribution is -2.31. The van der Waals surface area contributed by atoms with E-state index in [-0.39, 0.29) is 16.7 Å². The number of rotatable bonds is 11. The van der Waals surface area contributed by atoms with Gasteiger partial charge in [0.25, 0.3) is 0 Å². The van der Waals surface area contributed by atoms with Gasteiger partial charge in [-0.2, -0.15) is 0 Å². The van der Waals surface area contributed by atoms with Gasteiger partial charge in [0.2, 0.25) is 0 Å². The molecule has 3 unspecified atom stereocenters. The zero-order valence-electron chi connectivity index (χ0n) is 37.3. The van der Waals surface area contributed by atoms with E-state index in [0.717, 1.165) is 30.5 Å². The second-order valence-electron chi connectivity index (χ2n) is 18.1. The molecule has 5 aromatic carbocycles. The zero-order chi connectivity index (χ0) is 43.0. The highest BCUT2D eigenvalue weighted by atomic mass is 15.2. The van der Waals surface area contributed by atoms with Gasteiger partial charge in [0.05, 0.1) is 5.41 Å². The van der Waals surface area contributed by atoms with Crippen molar-refractivity contribution in [3.63, 3.8) is 0 Å². The van der Waals surface area contributed by atoms with E-state index in [4.69, 9.17) is 0 Å². The van der Waals surface area contributed by atoms with E-state index < -0.39 is 0 Å². The van der Waals surface area contributed by atoms with Gasteiger partial charge in [0.15, 0.2) is 0 Å². The summed E-state index contributed by atoms with van der Waals surface area (Å²) in [7, 11) is 0. The van der Waals surface area contributed by atoms with Gasteiger partial charge in [0, 0.05) is 28.4 Å². The summed E-state index contributed by atoms with van der Waals surface area (Å²) in [5, 5.41) is 0. The van der Waals surface area contributed by atoms with Crippen LogP contribution in [0.3, 0.4) is 0 Å². The van der Waals surface area contributed by atoms with Gasteiger partial charge in [-0.25, -0.2) is 0 Å². The summed E-state index contributed by atoms with van der Waals surface area (Å²) < 4.78 is 0. The molecule has 1 nitrogen and oxygen atoms in total. The van der Waals surface area contributed by atoms with Crippen LogP contribution < -0.4 is 4.90 Å². The fourth-order valence-corrected chi connectivity index (χ4v) is 10.8. The molecule has 0 fully saturated rings. The van der Waals surface area contributed by atoms with Crippen LogP contribution in [-0.2, 0) is 10.8 Å². The molecule has 5 aromatic rings.